The molecule has 0 radical (unpaired) electrons. The Morgan fingerprint density at radius 1 is 1.10 bits per heavy atom. The van der Waals surface area contributed by atoms with Gasteiger partial charge in [0.1, 0.15) is 12.4 Å². The van der Waals surface area contributed by atoms with Crippen molar-refractivity contribution in [1.82, 2.24) is 5.32 Å². The lowest BCUT2D eigenvalue weighted by molar-refractivity contribution is -0.0228. The smallest absolute Gasteiger partial charge is 0.119 e. The minimum Gasteiger partial charge on any atom is -0.491 e. The summed E-state index contributed by atoms with van der Waals surface area (Å²) in [7, 11) is 1.95. The zero-order chi connectivity index (χ0) is 14.9. The molecule has 1 fully saturated rings. The van der Waals surface area contributed by atoms with E-state index >= 15 is 0 Å². The van der Waals surface area contributed by atoms with Crippen LogP contribution in [0, 0.1) is 5.92 Å². The third-order valence-corrected chi connectivity index (χ3v) is 4.35. The molecule has 2 rings (SSSR count). The Bertz CT molecular complexity index is 391. The van der Waals surface area contributed by atoms with E-state index in [0.717, 1.165) is 18.2 Å². The van der Waals surface area contributed by atoms with Gasteiger partial charge in [-0.3, -0.25) is 0 Å². The predicted molar refractivity (Wildman–Crippen MR) is 86.7 cm³/mol. The Hall–Kier alpha value is -1.06. The van der Waals surface area contributed by atoms with Crippen LogP contribution >= 0.6 is 0 Å². The normalized spacial score (nSPS) is 22.2. The molecule has 118 valence electrons. The molecule has 2 atom stereocenters. The van der Waals surface area contributed by atoms with Crippen LogP contribution in [0.15, 0.2) is 24.3 Å². The van der Waals surface area contributed by atoms with Gasteiger partial charge in [-0.25, -0.2) is 0 Å². The van der Waals surface area contributed by atoms with Gasteiger partial charge in [0.05, 0.1) is 12.7 Å². The molecule has 3 nitrogen and oxygen atoms in total. The van der Waals surface area contributed by atoms with E-state index in [1.54, 1.807) is 0 Å². The first kappa shape index (κ1) is 16.3. The summed E-state index contributed by atoms with van der Waals surface area (Å²) in [5, 5.41) is 3.14. The Morgan fingerprint density at radius 2 is 1.86 bits per heavy atom. The van der Waals surface area contributed by atoms with Gasteiger partial charge >= 0.3 is 0 Å². The third kappa shape index (κ3) is 5.33. The highest BCUT2D eigenvalue weighted by molar-refractivity contribution is 5.27. The molecule has 1 aliphatic carbocycles. The first-order valence-electron chi connectivity index (χ1n) is 8.31. The van der Waals surface area contributed by atoms with Crippen LogP contribution in [0.2, 0.25) is 0 Å². The monoisotopic (exact) mass is 291 g/mol. The highest BCUT2D eigenvalue weighted by Crippen LogP contribution is 2.29. The molecule has 0 spiro atoms. The lowest BCUT2D eigenvalue weighted by atomic mass is 9.85. The van der Waals surface area contributed by atoms with Crippen LogP contribution < -0.4 is 10.1 Å². The fraction of sp³-hybridized carbons (Fsp3) is 0.667. The van der Waals surface area contributed by atoms with Gasteiger partial charge < -0.3 is 14.8 Å². The van der Waals surface area contributed by atoms with Gasteiger partial charge in [0.25, 0.3) is 0 Å². The molecule has 0 aliphatic heterocycles. The van der Waals surface area contributed by atoms with Crippen molar-refractivity contribution < 1.29 is 9.47 Å². The summed E-state index contributed by atoms with van der Waals surface area (Å²) >= 11 is 0. The summed E-state index contributed by atoms with van der Waals surface area (Å²) in [5.41, 5.74) is 1.27. The topological polar surface area (TPSA) is 30.5 Å². The van der Waals surface area contributed by atoms with Crippen LogP contribution in [-0.2, 0) is 11.3 Å². The quantitative estimate of drug-likeness (QED) is 0.740. The van der Waals surface area contributed by atoms with Crippen LogP contribution in [0.5, 0.6) is 5.75 Å². The molecule has 2 unspecified atom stereocenters. The maximum Gasteiger partial charge on any atom is 0.119 e. The number of rotatable bonds is 8. The summed E-state index contributed by atoms with van der Waals surface area (Å²) in [6, 6.07) is 8.26. The van der Waals surface area contributed by atoms with Gasteiger partial charge in [-0.1, -0.05) is 38.3 Å². The van der Waals surface area contributed by atoms with Gasteiger partial charge in [0.15, 0.2) is 0 Å². The standard InChI is InChI=1S/C18H29NO2/c1-3-16-6-4-5-7-18(16)21-13-12-20-17-10-8-15(9-11-17)14-19-2/h8-11,16,18-19H,3-7,12-14H2,1-2H3. The Balaban J connectivity index is 1.66. The van der Waals surface area contributed by atoms with E-state index in [1.165, 1.54) is 37.7 Å². The minimum atomic E-state index is 0.449. The average molecular weight is 291 g/mol. The third-order valence-electron chi connectivity index (χ3n) is 4.35. The Kier molecular flexibility index (Phi) is 7.04. The largest absolute Gasteiger partial charge is 0.491 e. The Morgan fingerprint density at radius 3 is 2.57 bits per heavy atom. The maximum absolute atomic E-state index is 6.04. The van der Waals surface area contributed by atoms with E-state index in [9.17, 15) is 0 Å². The summed E-state index contributed by atoms with van der Waals surface area (Å²) in [4.78, 5) is 0. The Labute approximate surface area is 129 Å². The molecule has 0 aromatic heterocycles. The van der Waals surface area contributed by atoms with Crippen LogP contribution in [0.25, 0.3) is 0 Å². The molecule has 1 aromatic rings. The van der Waals surface area contributed by atoms with Crippen LogP contribution in [-0.4, -0.2) is 26.4 Å². The van der Waals surface area contributed by atoms with E-state index in [1.807, 2.05) is 19.2 Å². The number of benzene rings is 1. The second-order valence-electron chi connectivity index (χ2n) is 5.88. The van der Waals surface area contributed by atoms with Crippen molar-refractivity contribution in [3.63, 3.8) is 0 Å². The molecule has 0 heterocycles. The molecule has 3 heteroatoms. The number of hydrogen-bond donors (Lipinski definition) is 1. The first-order chi connectivity index (χ1) is 10.3. The van der Waals surface area contributed by atoms with Crippen molar-refractivity contribution in [3.05, 3.63) is 29.8 Å². The van der Waals surface area contributed by atoms with E-state index in [2.05, 4.69) is 24.4 Å². The lowest BCUT2D eigenvalue weighted by Gasteiger charge is -2.30. The number of nitrogens with one attached hydrogen (secondary N) is 1. The molecular formula is C18H29NO2. The van der Waals surface area contributed by atoms with Crippen molar-refractivity contribution in [2.75, 3.05) is 20.3 Å². The van der Waals surface area contributed by atoms with Gasteiger partial charge in [0, 0.05) is 6.54 Å². The summed E-state index contributed by atoms with van der Waals surface area (Å²) in [5.74, 6) is 1.67. The predicted octanol–water partition coefficient (Wildman–Crippen LogP) is 3.77. The second-order valence-corrected chi connectivity index (χ2v) is 5.88. The van der Waals surface area contributed by atoms with Gasteiger partial charge in [-0.05, 0) is 43.5 Å². The molecule has 1 aromatic carbocycles. The maximum atomic E-state index is 6.04. The van der Waals surface area contributed by atoms with E-state index < -0.39 is 0 Å². The van der Waals surface area contributed by atoms with Gasteiger partial charge in [0.2, 0.25) is 0 Å². The van der Waals surface area contributed by atoms with E-state index in [0.29, 0.717) is 19.3 Å². The van der Waals surface area contributed by atoms with E-state index in [-0.39, 0.29) is 0 Å². The first-order valence-corrected chi connectivity index (χ1v) is 8.31. The van der Waals surface area contributed by atoms with E-state index in [4.69, 9.17) is 9.47 Å². The average Bonchev–Trinajstić information content (AvgIpc) is 2.54. The summed E-state index contributed by atoms with van der Waals surface area (Å²) < 4.78 is 11.8. The summed E-state index contributed by atoms with van der Waals surface area (Å²) in [6.45, 7) is 4.50. The van der Waals surface area contributed by atoms with Crippen molar-refractivity contribution in [2.24, 2.45) is 5.92 Å². The van der Waals surface area contributed by atoms with Crippen molar-refractivity contribution in [2.45, 2.75) is 51.7 Å². The molecule has 1 saturated carbocycles. The lowest BCUT2D eigenvalue weighted by Crippen LogP contribution is -2.28. The van der Waals surface area contributed by atoms with Crippen LogP contribution in [0.4, 0.5) is 0 Å². The molecular weight excluding hydrogens is 262 g/mol. The number of hydrogen-bond acceptors (Lipinski definition) is 3. The second kappa shape index (κ2) is 9.06. The van der Waals surface area contributed by atoms with Gasteiger partial charge in [-0.15, -0.1) is 0 Å². The molecule has 1 aliphatic rings. The SMILES string of the molecule is CCC1CCCCC1OCCOc1ccc(CNC)cc1. The summed E-state index contributed by atoms with van der Waals surface area (Å²) in [6.07, 6.45) is 6.92. The zero-order valence-electron chi connectivity index (χ0n) is 13.4. The molecule has 21 heavy (non-hydrogen) atoms. The molecule has 0 saturated heterocycles. The molecule has 0 amide bonds. The zero-order valence-corrected chi connectivity index (χ0v) is 13.4. The van der Waals surface area contributed by atoms with Crippen molar-refractivity contribution >= 4 is 0 Å². The highest BCUT2D eigenvalue weighted by atomic mass is 16.5. The molecule has 1 N–H and O–H groups in total. The van der Waals surface area contributed by atoms with Crippen LogP contribution in [0.3, 0.4) is 0 Å². The van der Waals surface area contributed by atoms with Gasteiger partial charge in [-0.2, -0.15) is 0 Å². The minimum absolute atomic E-state index is 0.449. The fourth-order valence-electron chi connectivity index (χ4n) is 3.13. The number of ether oxygens (including phenoxy) is 2. The molecule has 0 bridgehead atoms. The van der Waals surface area contributed by atoms with Crippen LogP contribution in [0.1, 0.15) is 44.6 Å². The highest BCUT2D eigenvalue weighted by Gasteiger charge is 2.23. The van der Waals surface area contributed by atoms with Crippen molar-refractivity contribution in [3.8, 4) is 5.75 Å². The van der Waals surface area contributed by atoms with Crippen molar-refractivity contribution in [1.29, 1.82) is 0 Å². The fourth-order valence-corrected chi connectivity index (χ4v) is 3.13.